The van der Waals surface area contributed by atoms with Crippen LogP contribution in [0, 0.1) is 5.82 Å². The lowest BCUT2D eigenvalue weighted by molar-refractivity contribution is 0.100. The van der Waals surface area contributed by atoms with Gasteiger partial charge >= 0.3 is 0 Å². The van der Waals surface area contributed by atoms with Gasteiger partial charge in [0.15, 0.2) is 11.6 Å². The number of pyridine rings is 2. The number of nitrogens with zero attached hydrogens (tertiary/aromatic N) is 2. The highest BCUT2D eigenvalue weighted by atomic mass is 19.1. The first kappa shape index (κ1) is 23.7. The molecule has 2 atom stereocenters. The van der Waals surface area contributed by atoms with E-state index in [0.29, 0.717) is 18.8 Å². The van der Waals surface area contributed by atoms with Crippen LogP contribution in [0.1, 0.15) is 36.0 Å². The number of nitrogens with two attached hydrogens (primary N) is 2. The predicted octanol–water partition coefficient (Wildman–Crippen LogP) is 3.35. The van der Waals surface area contributed by atoms with Crippen LogP contribution < -0.4 is 27.4 Å². The minimum atomic E-state index is -0.782. The van der Waals surface area contributed by atoms with E-state index in [-0.39, 0.29) is 29.3 Å². The van der Waals surface area contributed by atoms with E-state index in [1.807, 2.05) is 24.3 Å². The zero-order valence-corrected chi connectivity index (χ0v) is 19.1. The van der Waals surface area contributed by atoms with Crippen molar-refractivity contribution in [2.24, 2.45) is 11.5 Å². The van der Waals surface area contributed by atoms with Gasteiger partial charge < -0.3 is 32.2 Å². The van der Waals surface area contributed by atoms with E-state index in [1.54, 1.807) is 13.3 Å². The maximum absolute atomic E-state index is 14.8. The number of methoxy groups -OCH3 is 1. The molecule has 2 heterocycles. The zero-order valence-electron chi connectivity index (χ0n) is 19.1. The fourth-order valence-electron chi connectivity index (χ4n) is 4.21. The van der Waals surface area contributed by atoms with Gasteiger partial charge in [-0.2, -0.15) is 0 Å². The summed E-state index contributed by atoms with van der Waals surface area (Å²) in [7, 11) is 1.63. The summed E-state index contributed by atoms with van der Waals surface area (Å²) >= 11 is 0. The second kappa shape index (κ2) is 10.6. The fourth-order valence-corrected chi connectivity index (χ4v) is 4.21. The molecule has 0 bridgehead atoms. The normalized spacial score (nSPS) is 18.0. The molecule has 1 amide bonds. The highest BCUT2D eigenvalue weighted by Crippen LogP contribution is 2.31. The molecule has 2 unspecified atom stereocenters. The number of amides is 1. The van der Waals surface area contributed by atoms with E-state index in [2.05, 4.69) is 25.9 Å². The molecule has 180 valence electrons. The second-order valence-electron chi connectivity index (χ2n) is 8.42. The van der Waals surface area contributed by atoms with Gasteiger partial charge in [-0.15, -0.1) is 0 Å². The Morgan fingerprint density at radius 1 is 1.24 bits per heavy atom. The van der Waals surface area contributed by atoms with E-state index in [0.717, 1.165) is 48.3 Å². The number of carbonyl (C=O) groups is 1. The summed E-state index contributed by atoms with van der Waals surface area (Å²) in [5.74, 6) is -1.24. The molecule has 1 aliphatic rings. The average molecular weight is 468 g/mol. The number of hydrogen-bond acceptors (Lipinski definition) is 8. The molecule has 1 aromatic carbocycles. The molecule has 2 aromatic heterocycles. The van der Waals surface area contributed by atoms with Gasteiger partial charge in [0.05, 0.1) is 23.4 Å². The Kier molecular flexibility index (Phi) is 7.39. The Balaban J connectivity index is 1.68. The molecule has 0 aliphatic heterocycles. The maximum atomic E-state index is 14.8. The van der Waals surface area contributed by atoms with Crippen LogP contribution in [0.5, 0.6) is 0 Å². The zero-order chi connectivity index (χ0) is 24.1. The number of fused-ring (bicyclic) bond motifs is 1. The van der Waals surface area contributed by atoms with Crippen molar-refractivity contribution >= 4 is 39.8 Å². The Labute approximate surface area is 197 Å². The average Bonchev–Trinajstić information content (AvgIpc) is 2.82. The highest BCUT2D eigenvalue weighted by Gasteiger charge is 2.24. The summed E-state index contributed by atoms with van der Waals surface area (Å²) in [6.45, 7) is 1.11. The lowest BCUT2D eigenvalue weighted by Gasteiger charge is -2.30. The van der Waals surface area contributed by atoms with Crippen molar-refractivity contribution in [2.45, 2.75) is 37.8 Å². The summed E-state index contributed by atoms with van der Waals surface area (Å²) in [5.41, 5.74) is 13.9. The largest absolute Gasteiger partial charge is 0.383 e. The lowest BCUT2D eigenvalue weighted by atomic mass is 9.91. The highest BCUT2D eigenvalue weighted by molar-refractivity contribution is 6.00. The third-order valence-electron chi connectivity index (χ3n) is 5.97. The van der Waals surface area contributed by atoms with E-state index in [9.17, 15) is 9.18 Å². The second-order valence-corrected chi connectivity index (χ2v) is 8.42. The number of primary amides is 1. The Bertz CT molecular complexity index is 1170. The van der Waals surface area contributed by atoms with Crippen molar-refractivity contribution < 1.29 is 13.9 Å². The first-order chi connectivity index (χ1) is 16.5. The Morgan fingerprint density at radius 2 is 2.06 bits per heavy atom. The molecule has 1 aliphatic carbocycles. The van der Waals surface area contributed by atoms with Crippen molar-refractivity contribution in [2.75, 3.05) is 36.2 Å². The van der Waals surface area contributed by atoms with E-state index >= 15 is 0 Å². The van der Waals surface area contributed by atoms with E-state index < -0.39 is 11.7 Å². The number of anilines is 4. The van der Waals surface area contributed by atoms with Crippen molar-refractivity contribution in [1.82, 2.24) is 9.97 Å². The summed E-state index contributed by atoms with van der Waals surface area (Å²) < 4.78 is 20.0. The number of nitrogens with one attached hydrogen (secondary N) is 3. The van der Waals surface area contributed by atoms with Crippen molar-refractivity contribution in [3.05, 3.63) is 47.9 Å². The molecular weight excluding hydrogens is 437 g/mol. The Morgan fingerprint density at radius 3 is 2.82 bits per heavy atom. The van der Waals surface area contributed by atoms with Crippen LogP contribution >= 0.6 is 0 Å². The number of halogens is 1. The van der Waals surface area contributed by atoms with Gasteiger partial charge in [-0.05, 0) is 37.1 Å². The first-order valence-electron chi connectivity index (χ1n) is 11.4. The van der Waals surface area contributed by atoms with Crippen LogP contribution in [0.3, 0.4) is 0 Å². The van der Waals surface area contributed by atoms with Crippen molar-refractivity contribution in [3.8, 4) is 0 Å². The molecule has 7 N–H and O–H groups in total. The molecule has 10 heteroatoms. The standard InChI is InChI=1S/C24H30FN7O2/c1-34-10-9-28-20-12-15(11-14-5-4-8-29-21(14)20)30-23-16(22(27)33)13-17(25)24(32-23)31-19-7-3-2-6-18(19)26/h4-5,8,11-13,18-19,28H,2-3,6-7,9-10,26H2,1H3,(H2,27,33)(H2,30,31,32). The first-order valence-corrected chi connectivity index (χ1v) is 11.4. The van der Waals surface area contributed by atoms with Gasteiger partial charge in [-0.25, -0.2) is 9.37 Å². The topological polar surface area (TPSA) is 140 Å². The van der Waals surface area contributed by atoms with Crippen LogP contribution in [0.4, 0.5) is 27.4 Å². The summed E-state index contributed by atoms with van der Waals surface area (Å²) in [4.78, 5) is 20.9. The molecular formula is C24H30FN7O2. The molecule has 0 spiro atoms. The number of aromatic nitrogens is 2. The van der Waals surface area contributed by atoms with Gasteiger partial charge in [0, 0.05) is 43.0 Å². The van der Waals surface area contributed by atoms with Crippen LogP contribution in [-0.2, 0) is 4.74 Å². The van der Waals surface area contributed by atoms with Crippen molar-refractivity contribution in [1.29, 1.82) is 0 Å². The third-order valence-corrected chi connectivity index (χ3v) is 5.97. The number of hydrogen-bond donors (Lipinski definition) is 5. The van der Waals surface area contributed by atoms with Gasteiger partial charge in [-0.3, -0.25) is 9.78 Å². The molecule has 34 heavy (non-hydrogen) atoms. The minimum absolute atomic E-state index is 0.0377. The van der Waals surface area contributed by atoms with Gasteiger partial charge in [-0.1, -0.05) is 18.9 Å². The number of benzene rings is 1. The lowest BCUT2D eigenvalue weighted by Crippen LogP contribution is -2.43. The SMILES string of the molecule is COCCNc1cc(Nc2nc(NC3CCCCC3N)c(F)cc2C(N)=O)cc2cccnc12. The van der Waals surface area contributed by atoms with Gasteiger partial charge in [0.2, 0.25) is 0 Å². The molecule has 4 rings (SSSR count). The van der Waals surface area contributed by atoms with Gasteiger partial charge in [0.25, 0.3) is 5.91 Å². The number of rotatable bonds is 9. The predicted molar refractivity (Wildman–Crippen MR) is 132 cm³/mol. The minimum Gasteiger partial charge on any atom is -0.383 e. The van der Waals surface area contributed by atoms with Crippen LogP contribution in [0.15, 0.2) is 36.5 Å². The number of ether oxygens (including phenoxy) is 1. The Hall–Kier alpha value is -3.50. The maximum Gasteiger partial charge on any atom is 0.252 e. The summed E-state index contributed by atoms with van der Waals surface area (Å²) in [6.07, 6.45) is 5.49. The van der Waals surface area contributed by atoms with Crippen molar-refractivity contribution in [3.63, 3.8) is 0 Å². The van der Waals surface area contributed by atoms with E-state index in [4.69, 9.17) is 16.2 Å². The molecule has 9 nitrogen and oxygen atoms in total. The molecule has 1 saturated carbocycles. The fraction of sp³-hybridized carbons (Fsp3) is 0.375. The van der Waals surface area contributed by atoms with Gasteiger partial charge in [0.1, 0.15) is 5.82 Å². The van der Waals surface area contributed by atoms with E-state index in [1.165, 1.54) is 0 Å². The third kappa shape index (κ3) is 5.35. The smallest absolute Gasteiger partial charge is 0.252 e. The van der Waals surface area contributed by atoms with Crippen LogP contribution in [0.25, 0.3) is 10.9 Å². The van der Waals surface area contributed by atoms with Crippen LogP contribution in [-0.4, -0.2) is 48.2 Å². The van der Waals surface area contributed by atoms with Crippen LogP contribution in [0.2, 0.25) is 0 Å². The molecule has 0 radical (unpaired) electrons. The molecule has 0 saturated heterocycles. The number of carbonyl (C=O) groups excluding carboxylic acids is 1. The quantitative estimate of drug-likeness (QED) is 0.302. The molecule has 3 aromatic rings. The summed E-state index contributed by atoms with van der Waals surface area (Å²) in [6, 6.07) is 8.43. The summed E-state index contributed by atoms with van der Waals surface area (Å²) in [5, 5.41) is 10.5. The monoisotopic (exact) mass is 467 g/mol. The molecule has 1 fully saturated rings.